The average molecular weight is 275 g/mol. The maximum atomic E-state index is 3.76. The molecule has 2 nitrogen and oxygen atoms in total. The second-order valence-corrected chi connectivity index (χ2v) is 6.31. The normalized spacial score (nSPS) is 34.8. The number of rotatable bonds is 3. The number of piperidine rings is 1. The lowest BCUT2D eigenvalue weighted by Crippen LogP contribution is -2.43. The van der Waals surface area contributed by atoms with E-state index in [1.54, 1.807) is 0 Å². The van der Waals surface area contributed by atoms with Crippen LogP contribution >= 0.6 is 15.9 Å². The SMILES string of the molecule is CC1CN(CCN2CCCC2)CCC1Br. The molecule has 0 radical (unpaired) electrons. The van der Waals surface area contributed by atoms with Gasteiger partial charge in [0.15, 0.2) is 0 Å². The molecule has 2 fully saturated rings. The zero-order chi connectivity index (χ0) is 10.7. The van der Waals surface area contributed by atoms with Crippen molar-refractivity contribution in [2.24, 2.45) is 5.92 Å². The van der Waals surface area contributed by atoms with Gasteiger partial charge in [0.1, 0.15) is 0 Å². The summed E-state index contributed by atoms with van der Waals surface area (Å²) in [4.78, 5) is 6.01. The molecular formula is C12H23BrN2. The average Bonchev–Trinajstić information content (AvgIpc) is 2.73. The zero-order valence-corrected chi connectivity index (χ0v) is 11.4. The molecule has 3 heteroatoms. The van der Waals surface area contributed by atoms with Crippen LogP contribution in [-0.4, -0.2) is 53.9 Å². The van der Waals surface area contributed by atoms with Crippen LogP contribution in [-0.2, 0) is 0 Å². The first-order chi connectivity index (χ1) is 7.25. The molecule has 0 aromatic heterocycles. The highest BCUT2D eigenvalue weighted by Crippen LogP contribution is 2.23. The maximum absolute atomic E-state index is 3.76. The molecule has 0 saturated carbocycles. The third-order valence-electron chi connectivity index (χ3n) is 3.82. The Morgan fingerprint density at radius 2 is 1.73 bits per heavy atom. The molecule has 2 aliphatic heterocycles. The number of likely N-dealkylation sites (tertiary alicyclic amines) is 2. The Hall–Kier alpha value is 0.400. The lowest BCUT2D eigenvalue weighted by molar-refractivity contribution is 0.168. The van der Waals surface area contributed by atoms with Crippen molar-refractivity contribution in [2.75, 3.05) is 39.3 Å². The van der Waals surface area contributed by atoms with Crippen molar-refractivity contribution in [3.05, 3.63) is 0 Å². The standard InChI is InChI=1S/C12H23BrN2/c1-11-10-15(7-4-12(11)13)9-8-14-5-2-3-6-14/h11-12H,2-10H2,1H3. The third-order valence-corrected chi connectivity index (χ3v) is 5.18. The molecule has 2 aliphatic rings. The van der Waals surface area contributed by atoms with Crippen molar-refractivity contribution in [3.8, 4) is 0 Å². The molecule has 2 unspecified atom stereocenters. The van der Waals surface area contributed by atoms with E-state index in [0.717, 1.165) is 10.7 Å². The first-order valence-electron chi connectivity index (χ1n) is 6.34. The van der Waals surface area contributed by atoms with Gasteiger partial charge in [-0.3, -0.25) is 0 Å². The largest absolute Gasteiger partial charge is 0.302 e. The number of nitrogens with zero attached hydrogens (tertiary/aromatic N) is 2. The summed E-state index contributed by atoms with van der Waals surface area (Å²) in [6, 6.07) is 0. The Morgan fingerprint density at radius 3 is 2.40 bits per heavy atom. The van der Waals surface area contributed by atoms with Crippen LogP contribution in [0.15, 0.2) is 0 Å². The van der Waals surface area contributed by atoms with Gasteiger partial charge in [-0.1, -0.05) is 22.9 Å². The number of hydrogen-bond acceptors (Lipinski definition) is 2. The molecule has 0 bridgehead atoms. The second-order valence-electron chi connectivity index (χ2n) is 5.13. The molecule has 2 atom stereocenters. The van der Waals surface area contributed by atoms with Crippen LogP contribution < -0.4 is 0 Å². The maximum Gasteiger partial charge on any atom is 0.0195 e. The highest BCUT2D eigenvalue weighted by Gasteiger charge is 2.24. The fourth-order valence-electron chi connectivity index (χ4n) is 2.70. The Bertz CT molecular complexity index is 192. The Balaban J connectivity index is 1.66. The van der Waals surface area contributed by atoms with Crippen molar-refractivity contribution < 1.29 is 0 Å². The molecule has 0 aromatic rings. The summed E-state index contributed by atoms with van der Waals surface area (Å²) < 4.78 is 0. The molecule has 2 saturated heterocycles. The predicted molar refractivity (Wildman–Crippen MR) is 68.6 cm³/mol. The predicted octanol–water partition coefficient (Wildman–Crippen LogP) is 2.19. The lowest BCUT2D eigenvalue weighted by Gasteiger charge is -2.35. The molecule has 0 aliphatic carbocycles. The van der Waals surface area contributed by atoms with Gasteiger partial charge in [0.2, 0.25) is 0 Å². The summed E-state index contributed by atoms with van der Waals surface area (Å²) in [5.74, 6) is 0.817. The number of hydrogen-bond donors (Lipinski definition) is 0. The zero-order valence-electron chi connectivity index (χ0n) is 9.79. The Labute approximate surface area is 102 Å². The van der Waals surface area contributed by atoms with Gasteiger partial charge in [-0.2, -0.15) is 0 Å². The fraction of sp³-hybridized carbons (Fsp3) is 1.00. The smallest absolute Gasteiger partial charge is 0.0195 e. The van der Waals surface area contributed by atoms with E-state index >= 15 is 0 Å². The minimum absolute atomic E-state index is 0.750. The van der Waals surface area contributed by atoms with Crippen molar-refractivity contribution in [2.45, 2.75) is 31.0 Å². The van der Waals surface area contributed by atoms with Gasteiger partial charge in [0.05, 0.1) is 0 Å². The highest BCUT2D eigenvalue weighted by atomic mass is 79.9. The van der Waals surface area contributed by atoms with E-state index in [0.29, 0.717) is 0 Å². The van der Waals surface area contributed by atoms with Crippen LogP contribution in [0, 0.1) is 5.92 Å². The van der Waals surface area contributed by atoms with E-state index in [1.807, 2.05) is 0 Å². The van der Waals surface area contributed by atoms with Crippen LogP contribution in [0.3, 0.4) is 0 Å². The number of alkyl halides is 1. The molecular weight excluding hydrogens is 252 g/mol. The van der Waals surface area contributed by atoms with E-state index < -0.39 is 0 Å². The van der Waals surface area contributed by atoms with Crippen LogP contribution in [0.4, 0.5) is 0 Å². The second kappa shape index (κ2) is 5.65. The van der Waals surface area contributed by atoms with E-state index in [1.165, 1.54) is 58.5 Å². The summed E-state index contributed by atoms with van der Waals surface area (Å²) in [5.41, 5.74) is 0. The van der Waals surface area contributed by atoms with E-state index in [2.05, 4.69) is 32.7 Å². The highest BCUT2D eigenvalue weighted by molar-refractivity contribution is 9.09. The van der Waals surface area contributed by atoms with Crippen molar-refractivity contribution in [1.82, 2.24) is 9.80 Å². The Morgan fingerprint density at radius 1 is 1.07 bits per heavy atom. The van der Waals surface area contributed by atoms with Gasteiger partial charge in [0, 0.05) is 24.5 Å². The molecule has 88 valence electrons. The van der Waals surface area contributed by atoms with Gasteiger partial charge < -0.3 is 9.80 Å². The van der Waals surface area contributed by atoms with Crippen molar-refractivity contribution in [3.63, 3.8) is 0 Å². The van der Waals surface area contributed by atoms with Crippen LogP contribution in [0.1, 0.15) is 26.2 Å². The van der Waals surface area contributed by atoms with Crippen molar-refractivity contribution >= 4 is 15.9 Å². The molecule has 15 heavy (non-hydrogen) atoms. The van der Waals surface area contributed by atoms with Crippen molar-refractivity contribution in [1.29, 1.82) is 0 Å². The topological polar surface area (TPSA) is 6.48 Å². The Kier molecular flexibility index (Phi) is 4.47. The summed E-state index contributed by atoms with van der Waals surface area (Å²) in [6.45, 7) is 10.2. The van der Waals surface area contributed by atoms with E-state index in [4.69, 9.17) is 0 Å². The molecule has 2 heterocycles. The van der Waals surface area contributed by atoms with Gasteiger partial charge in [-0.15, -0.1) is 0 Å². The molecule has 2 rings (SSSR count). The quantitative estimate of drug-likeness (QED) is 0.728. The summed E-state index contributed by atoms with van der Waals surface area (Å²) >= 11 is 3.76. The molecule has 0 amide bonds. The van der Waals surface area contributed by atoms with Crippen LogP contribution in [0.5, 0.6) is 0 Å². The molecule has 0 N–H and O–H groups in total. The van der Waals surface area contributed by atoms with E-state index in [9.17, 15) is 0 Å². The number of halogens is 1. The van der Waals surface area contributed by atoms with Gasteiger partial charge in [0.25, 0.3) is 0 Å². The fourth-order valence-corrected chi connectivity index (χ4v) is 3.07. The molecule has 0 spiro atoms. The minimum atomic E-state index is 0.750. The first kappa shape index (κ1) is 11.9. The summed E-state index contributed by atoms with van der Waals surface area (Å²) in [5, 5.41) is 0. The van der Waals surface area contributed by atoms with Crippen LogP contribution in [0.2, 0.25) is 0 Å². The molecule has 0 aromatic carbocycles. The summed E-state index contributed by atoms with van der Waals surface area (Å²) in [7, 11) is 0. The third kappa shape index (κ3) is 3.43. The van der Waals surface area contributed by atoms with Gasteiger partial charge in [-0.05, 0) is 44.8 Å². The van der Waals surface area contributed by atoms with Crippen LogP contribution in [0.25, 0.3) is 0 Å². The van der Waals surface area contributed by atoms with E-state index in [-0.39, 0.29) is 0 Å². The lowest BCUT2D eigenvalue weighted by atomic mass is 10.0. The monoisotopic (exact) mass is 274 g/mol. The van der Waals surface area contributed by atoms with Gasteiger partial charge in [-0.25, -0.2) is 0 Å². The minimum Gasteiger partial charge on any atom is -0.302 e. The first-order valence-corrected chi connectivity index (χ1v) is 7.26. The van der Waals surface area contributed by atoms with Gasteiger partial charge >= 0.3 is 0 Å². The summed E-state index contributed by atoms with van der Waals surface area (Å²) in [6.07, 6.45) is 4.15.